The van der Waals surface area contributed by atoms with Gasteiger partial charge in [0, 0.05) is 5.56 Å². The molecule has 0 aliphatic carbocycles. The molecule has 20 heavy (non-hydrogen) atoms. The Kier molecular flexibility index (Phi) is 3.41. The Bertz CT molecular complexity index is 712. The highest BCUT2D eigenvalue weighted by Crippen LogP contribution is 2.23. The van der Waals surface area contributed by atoms with E-state index < -0.39 is 6.10 Å². The number of hydrogen-bond donors (Lipinski definition) is 2. The van der Waals surface area contributed by atoms with E-state index in [1.165, 1.54) is 6.33 Å². The molecule has 0 fully saturated rings. The average Bonchev–Trinajstić information content (AvgIpc) is 2.91. The van der Waals surface area contributed by atoms with E-state index in [1.54, 1.807) is 10.9 Å². The van der Waals surface area contributed by atoms with Gasteiger partial charge in [0.25, 0.3) is 0 Å². The quantitative estimate of drug-likeness (QED) is 0.734. The summed E-state index contributed by atoms with van der Waals surface area (Å²) in [4.78, 5) is 12.8. The van der Waals surface area contributed by atoms with Crippen LogP contribution in [0.5, 0.6) is 0 Å². The molecule has 1 atom stereocenters. The van der Waals surface area contributed by atoms with Gasteiger partial charge < -0.3 is 14.8 Å². The monoisotopic (exact) mass is 270 g/mol. The number of aromatic nitrogens is 4. The summed E-state index contributed by atoms with van der Waals surface area (Å²) in [6, 6.07) is 9.75. The van der Waals surface area contributed by atoms with Crippen LogP contribution in [0.2, 0.25) is 0 Å². The highest BCUT2D eigenvalue weighted by Gasteiger charge is 2.13. The zero-order valence-corrected chi connectivity index (χ0v) is 10.7. The Labute approximate surface area is 115 Å². The molecule has 6 heteroatoms. The van der Waals surface area contributed by atoms with Crippen molar-refractivity contribution >= 4 is 11.2 Å². The van der Waals surface area contributed by atoms with Gasteiger partial charge in [-0.1, -0.05) is 30.3 Å². The number of fused-ring (bicyclic) bond motifs is 1. The van der Waals surface area contributed by atoms with Crippen molar-refractivity contribution in [3.63, 3.8) is 0 Å². The molecule has 0 radical (unpaired) electrons. The van der Waals surface area contributed by atoms with Crippen molar-refractivity contribution < 1.29 is 10.2 Å². The van der Waals surface area contributed by atoms with Crippen molar-refractivity contribution in [2.75, 3.05) is 6.61 Å². The van der Waals surface area contributed by atoms with E-state index in [4.69, 9.17) is 5.11 Å². The second-order valence-corrected chi connectivity index (χ2v) is 4.49. The van der Waals surface area contributed by atoms with Gasteiger partial charge in [0.15, 0.2) is 5.65 Å². The maximum Gasteiger partial charge on any atom is 0.163 e. The van der Waals surface area contributed by atoms with Gasteiger partial charge in [-0.2, -0.15) is 0 Å². The van der Waals surface area contributed by atoms with Crippen LogP contribution in [0.1, 0.15) is 0 Å². The second kappa shape index (κ2) is 5.36. The maximum absolute atomic E-state index is 9.53. The van der Waals surface area contributed by atoms with Crippen LogP contribution >= 0.6 is 0 Å². The lowest BCUT2D eigenvalue weighted by Crippen LogP contribution is -2.19. The molecule has 3 rings (SSSR count). The van der Waals surface area contributed by atoms with Gasteiger partial charge in [-0.15, -0.1) is 0 Å². The zero-order valence-electron chi connectivity index (χ0n) is 10.7. The topological polar surface area (TPSA) is 84.1 Å². The summed E-state index contributed by atoms with van der Waals surface area (Å²) in [6.45, 7) is -0.0471. The van der Waals surface area contributed by atoms with E-state index in [1.807, 2.05) is 30.3 Å². The molecule has 3 aromatic rings. The predicted octanol–water partition coefficient (Wildman–Crippen LogP) is 0.846. The summed E-state index contributed by atoms with van der Waals surface area (Å²) in [5.74, 6) is 0. The lowest BCUT2D eigenvalue weighted by molar-refractivity contribution is 0.0820. The predicted molar refractivity (Wildman–Crippen MR) is 73.9 cm³/mol. The van der Waals surface area contributed by atoms with Crippen LogP contribution in [0.15, 0.2) is 43.0 Å². The van der Waals surface area contributed by atoms with Crippen LogP contribution in [-0.2, 0) is 6.54 Å². The highest BCUT2D eigenvalue weighted by molar-refractivity contribution is 5.86. The van der Waals surface area contributed by atoms with Gasteiger partial charge in [-0.25, -0.2) is 15.0 Å². The third-order valence-electron chi connectivity index (χ3n) is 3.07. The molecule has 1 aromatic carbocycles. The number of aliphatic hydroxyl groups excluding tert-OH is 2. The molecule has 1 unspecified atom stereocenters. The number of nitrogens with zero attached hydrogens (tertiary/aromatic N) is 4. The molecule has 0 aliphatic rings. The van der Waals surface area contributed by atoms with Crippen LogP contribution < -0.4 is 0 Å². The number of imidazole rings is 1. The smallest absolute Gasteiger partial charge is 0.163 e. The minimum atomic E-state index is -0.831. The van der Waals surface area contributed by atoms with E-state index in [0.717, 1.165) is 11.3 Å². The molecule has 0 aliphatic heterocycles. The standard InChI is InChI=1S/C14H14N4O2/c19-7-11(20)6-18-9-17-13-12(15-8-16-14(13)18)10-4-2-1-3-5-10/h1-5,8-9,11,19-20H,6-7H2. The third kappa shape index (κ3) is 2.26. The number of benzene rings is 1. The lowest BCUT2D eigenvalue weighted by atomic mass is 10.1. The summed E-state index contributed by atoms with van der Waals surface area (Å²) in [5.41, 5.74) is 3.05. The first-order valence-electron chi connectivity index (χ1n) is 6.30. The van der Waals surface area contributed by atoms with Crippen LogP contribution in [0.25, 0.3) is 22.4 Å². The fourth-order valence-electron chi connectivity index (χ4n) is 2.11. The molecular weight excluding hydrogens is 256 g/mol. The normalized spacial score (nSPS) is 12.7. The van der Waals surface area contributed by atoms with Crippen LogP contribution in [0, 0.1) is 0 Å². The van der Waals surface area contributed by atoms with E-state index in [-0.39, 0.29) is 13.2 Å². The molecule has 2 N–H and O–H groups in total. The minimum absolute atomic E-state index is 0.248. The van der Waals surface area contributed by atoms with Gasteiger partial charge in [-0.05, 0) is 0 Å². The van der Waals surface area contributed by atoms with Gasteiger partial charge in [0.1, 0.15) is 17.5 Å². The van der Waals surface area contributed by atoms with E-state index >= 15 is 0 Å². The second-order valence-electron chi connectivity index (χ2n) is 4.49. The van der Waals surface area contributed by atoms with Gasteiger partial charge >= 0.3 is 0 Å². The third-order valence-corrected chi connectivity index (χ3v) is 3.07. The van der Waals surface area contributed by atoms with E-state index in [2.05, 4.69) is 15.0 Å². The summed E-state index contributed by atoms with van der Waals surface area (Å²) in [5, 5.41) is 18.5. The van der Waals surface area contributed by atoms with E-state index in [0.29, 0.717) is 11.2 Å². The molecule has 0 saturated heterocycles. The van der Waals surface area contributed by atoms with Gasteiger partial charge in [-0.3, -0.25) is 0 Å². The largest absolute Gasteiger partial charge is 0.394 e. The van der Waals surface area contributed by atoms with Gasteiger partial charge in [0.05, 0.1) is 25.6 Å². The Morgan fingerprint density at radius 3 is 2.65 bits per heavy atom. The Hall–Kier alpha value is -2.31. The first kappa shape index (κ1) is 12.7. The summed E-state index contributed by atoms with van der Waals surface area (Å²) >= 11 is 0. The van der Waals surface area contributed by atoms with Crippen molar-refractivity contribution in [3.05, 3.63) is 43.0 Å². The number of hydrogen-bond acceptors (Lipinski definition) is 5. The first-order chi connectivity index (χ1) is 9.79. The Morgan fingerprint density at radius 1 is 1.10 bits per heavy atom. The molecule has 0 amide bonds. The molecule has 0 bridgehead atoms. The van der Waals surface area contributed by atoms with Crippen molar-refractivity contribution in [2.45, 2.75) is 12.6 Å². The maximum atomic E-state index is 9.53. The fraction of sp³-hybridized carbons (Fsp3) is 0.214. The highest BCUT2D eigenvalue weighted by atomic mass is 16.3. The number of aliphatic hydroxyl groups is 2. The van der Waals surface area contributed by atoms with Crippen molar-refractivity contribution in [2.24, 2.45) is 0 Å². The summed E-state index contributed by atoms with van der Waals surface area (Å²) in [7, 11) is 0. The first-order valence-corrected chi connectivity index (χ1v) is 6.30. The molecule has 102 valence electrons. The average molecular weight is 270 g/mol. The number of rotatable bonds is 4. The molecule has 2 aromatic heterocycles. The SMILES string of the molecule is OCC(O)Cn1cnc2c(-c3ccccc3)ncnc21. The van der Waals surface area contributed by atoms with Crippen LogP contribution in [0.4, 0.5) is 0 Å². The van der Waals surface area contributed by atoms with E-state index in [9.17, 15) is 5.11 Å². The zero-order chi connectivity index (χ0) is 13.9. The van der Waals surface area contributed by atoms with Crippen molar-refractivity contribution in [1.29, 1.82) is 0 Å². The summed E-state index contributed by atoms with van der Waals surface area (Å²) in [6.07, 6.45) is 2.25. The minimum Gasteiger partial charge on any atom is -0.394 e. The molecular formula is C14H14N4O2. The lowest BCUT2D eigenvalue weighted by Gasteiger charge is -2.08. The summed E-state index contributed by atoms with van der Waals surface area (Å²) < 4.78 is 1.71. The van der Waals surface area contributed by atoms with Crippen LogP contribution in [0.3, 0.4) is 0 Å². The van der Waals surface area contributed by atoms with Crippen molar-refractivity contribution in [3.8, 4) is 11.3 Å². The fourth-order valence-corrected chi connectivity index (χ4v) is 2.11. The van der Waals surface area contributed by atoms with Gasteiger partial charge in [0.2, 0.25) is 0 Å². The molecule has 0 spiro atoms. The molecule has 2 heterocycles. The van der Waals surface area contributed by atoms with Crippen LogP contribution in [-0.4, -0.2) is 42.4 Å². The molecule has 6 nitrogen and oxygen atoms in total. The van der Waals surface area contributed by atoms with Crippen molar-refractivity contribution in [1.82, 2.24) is 19.5 Å². The molecule has 0 saturated carbocycles. The Morgan fingerprint density at radius 2 is 1.90 bits per heavy atom. The Balaban J connectivity index is 2.08.